The van der Waals surface area contributed by atoms with Crippen LogP contribution in [0.3, 0.4) is 0 Å². The maximum atomic E-state index is 5.20. The highest BCUT2D eigenvalue weighted by Gasteiger charge is 1.95. The molecule has 0 unspecified atom stereocenters. The van der Waals surface area contributed by atoms with E-state index in [1.165, 1.54) is 23.1 Å². The maximum Gasteiger partial charge on any atom is 0.181 e. The number of allylic oxidation sites excluding steroid dienone is 5. The van der Waals surface area contributed by atoms with Gasteiger partial charge in [-0.2, -0.15) is 0 Å². The van der Waals surface area contributed by atoms with E-state index in [9.17, 15) is 0 Å². The Kier molecular flexibility index (Phi) is 6.94. The number of nitrogens with zero attached hydrogens (tertiary/aromatic N) is 1. The van der Waals surface area contributed by atoms with Gasteiger partial charge in [-0.1, -0.05) is 28.9 Å². The minimum atomic E-state index is 0.835. The van der Waals surface area contributed by atoms with Crippen molar-refractivity contribution in [1.82, 2.24) is 4.98 Å². The monoisotopic (exact) mass is 259 g/mol. The molecule has 0 atom stereocenters. The molecule has 1 heterocycles. The second-order valence-electron chi connectivity index (χ2n) is 5.30. The molecule has 0 aliphatic heterocycles. The predicted molar refractivity (Wildman–Crippen MR) is 81.8 cm³/mol. The average Bonchev–Trinajstić information content (AvgIpc) is 2.81. The molecule has 0 spiro atoms. The molecule has 1 aromatic rings. The summed E-state index contributed by atoms with van der Waals surface area (Å²) >= 11 is 0. The molecule has 1 rings (SSSR count). The van der Waals surface area contributed by atoms with Crippen LogP contribution in [-0.4, -0.2) is 4.98 Å². The minimum absolute atomic E-state index is 0.835. The minimum Gasteiger partial charge on any atom is -0.444 e. The molecule has 0 aromatic carbocycles. The third-order valence-corrected chi connectivity index (χ3v) is 2.96. The van der Waals surface area contributed by atoms with E-state index in [-0.39, 0.29) is 0 Å². The van der Waals surface area contributed by atoms with Crippen LogP contribution in [0.15, 0.2) is 45.9 Å². The maximum absolute atomic E-state index is 5.20. The Hall–Kier alpha value is -1.57. The first-order valence-corrected chi connectivity index (χ1v) is 6.92. The fraction of sp³-hybridized carbons (Fsp3) is 0.471. The summed E-state index contributed by atoms with van der Waals surface area (Å²) in [5.41, 5.74) is 4.20. The molecule has 0 radical (unpaired) electrons. The Labute approximate surface area is 116 Å². The van der Waals surface area contributed by atoms with Crippen molar-refractivity contribution in [2.45, 2.75) is 53.4 Å². The number of hydrogen-bond donors (Lipinski definition) is 0. The molecule has 0 fully saturated rings. The average molecular weight is 259 g/mol. The van der Waals surface area contributed by atoms with Gasteiger partial charge in [0.2, 0.25) is 0 Å². The molecular formula is C17H25NO. The molecule has 1 aromatic heterocycles. The topological polar surface area (TPSA) is 26.0 Å². The van der Waals surface area contributed by atoms with Crippen LogP contribution in [0.25, 0.3) is 6.08 Å². The number of oxazole rings is 1. The van der Waals surface area contributed by atoms with Crippen molar-refractivity contribution in [3.8, 4) is 0 Å². The van der Waals surface area contributed by atoms with E-state index in [0.29, 0.717) is 0 Å². The first-order valence-electron chi connectivity index (χ1n) is 6.92. The van der Waals surface area contributed by atoms with E-state index >= 15 is 0 Å². The molecule has 0 N–H and O–H groups in total. The summed E-state index contributed by atoms with van der Waals surface area (Å²) in [6, 6.07) is 0. The van der Waals surface area contributed by atoms with Crippen LogP contribution in [0.4, 0.5) is 0 Å². The Balaban J connectivity index is 2.30. The van der Waals surface area contributed by atoms with Crippen molar-refractivity contribution in [3.05, 3.63) is 47.2 Å². The van der Waals surface area contributed by atoms with Gasteiger partial charge < -0.3 is 4.42 Å². The molecule has 0 bridgehead atoms. The van der Waals surface area contributed by atoms with Crippen LogP contribution in [0, 0.1) is 0 Å². The van der Waals surface area contributed by atoms with E-state index in [1.807, 2.05) is 0 Å². The van der Waals surface area contributed by atoms with Crippen molar-refractivity contribution < 1.29 is 4.42 Å². The summed E-state index contributed by atoms with van der Waals surface area (Å²) < 4.78 is 5.20. The fourth-order valence-corrected chi connectivity index (χ4v) is 1.85. The zero-order valence-corrected chi connectivity index (χ0v) is 12.6. The van der Waals surface area contributed by atoms with Crippen LogP contribution in [-0.2, 0) is 0 Å². The smallest absolute Gasteiger partial charge is 0.181 e. The van der Waals surface area contributed by atoms with Crippen molar-refractivity contribution in [3.63, 3.8) is 0 Å². The second-order valence-corrected chi connectivity index (χ2v) is 5.30. The molecular weight excluding hydrogens is 234 g/mol. The lowest BCUT2D eigenvalue weighted by atomic mass is 10.1. The lowest BCUT2D eigenvalue weighted by molar-refractivity contribution is 0.547. The van der Waals surface area contributed by atoms with Gasteiger partial charge in [0, 0.05) is 0 Å². The highest BCUT2D eigenvalue weighted by atomic mass is 16.3. The summed E-state index contributed by atoms with van der Waals surface area (Å²) in [4.78, 5) is 3.90. The van der Waals surface area contributed by atoms with E-state index in [4.69, 9.17) is 4.42 Å². The number of rotatable bonds is 7. The summed E-state index contributed by atoms with van der Waals surface area (Å²) in [7, 11) is 0. The normalized spacial score (nSPS) is 12.6. The first kappa shape index (κ1) is 15.5. The third-order valence-electron chi connectivity index (χ3n) is 2.96. The van der Waals surface area contributed by atoms with Gasteiger partial charge >= 0.3 is 0 Å². The molecule has 2 nitrogen and oxygen atoms in total. The number of aromatic nitrogens is 1. The molecule has 0 aliphatic carbocycles. The predicted octanol–water partition coefficient (Wildman–Crippen LogP) is 5.55. The van der Waals surface area contributed by atoms with Crippen molar-refractivity contribution >= 4 is 6.08 Å². The van der Waals surface area contributed by atoms with E-state index in [0.717, 1.165) is 31.4 Å². The summed E-state index contributed by atoms with van der Waals surface area (Å²) in [6.45, 7) is 8.65. The molecule has 0 saturated heterocycles. The molecule has 2 heteroatoms. The van der Waals surface area contributed by atoms with Gasteiger partial charge in [-0.3, -0.25) is 0 Å². The van der Waals surface area contributed by atoms with Crippen LogP contribution >= 0.6 is 0 Å². The van der Waals surface area contributed by atoms with E-state index in [1.54, 1.807) is 6.20 Å². The molecule has 0 aliphatic rings. The molecule has 0 amide bonds. The Bertz CT molecular complexity index is 446. The van der Waals surface area contributed by atoms with Gasteiger partial charge in [-0.25, -0.2) is 4.98 Å². The van der Waals surface area contributed by atoms with Crippen LogP contribution < -0.4 is 0 Å². The molecule has 19 heavy (non-hydrogen) atoms. The van der Waals surface area contributed by atoms with E-state index < -0.39 is 0 Å². The lowest BCUT2D eigenvalue weighted by Gasteiger charge is -2.00. The first-order chi connectivity index (χ1) is 9.08. The fourth-order valence-electron chi connectivity index (χ4n) is 1.85. The van der Waals surface area contributed by atoms with Crippen LogP contribution in [0.5, 0.6) is 0 Å². The van der Waals surface area contributed by atoms with Crippen molar-refractivity contribution in [1.29, 1.82) is 0 Å². The summed E-state index contributed by atoms with van der Waals surface area (Å²) in [5, 5.41) is 0. The van der Waals surface area contributed by atoms with Gasteiger partial charge in [-0.05, 0) is 59.5 Å². The highest BCUT2D eigenvalue weighted by Crippen LogP contribution is 2.13. The largest absolute Gasteiger partial charge is 0.444 e. The SMILES string of the molecule is CC(C)=CCC/C(C)=C/CC/C(C)=C/c1cnco1. The van der Waals surface area contributed by atoms with Crippen LogP contribution in [0.2, 0.25) is 0 Å². The quantitative estimate of drug-likeness (QED) is 0.600. The van der Waals surface area contributed by atoms with Gasteiger partial charge in [0.1, 0.15) is 5.76 Å². The van der Waals surface area contributed by atoms with Gasteiger partial charge in [0.05, 0.1) is 6.20 Å². The molecule has 0 saturated carbocycles. The zero-order chi connectivity index (χ0) is 14.1. The van der Waals surface area contributed by atoms with Gasteiger partial charge in [0.15, 0.2) is 6.39 Å². The highest BCUT2D eigenvalue weighted by molar-refractivity contribution is 5.45. The van der Waals surface area contributed by atoms with Gasteiger partial charge in [0.25, 0.3) is 0 Å². The second kappa shape index (κ2) is 8.52. The standard InChI is InChI=1S/C17H25NO/c1-14(2)7-5-8-15(3)9-6-10-16(4)11-17-12-18-13-19-17/h7,9,11-13H,5-6,8,10H2,1-4H3/b15-9+,16-11+. The Morgan fingerprint density at radius 3 is 2.37 bits per heavy atom. The van der Waals surface area contributed by atoms with E-state index in [2.05, 4.69) is 50.9 Å². The van der Waals surface area contributed by atoms with Crippen molar-refractivity contribution in [2.75, 3.05) is 0 Å². The molecule has 104 valence electrons. The summed E-state index contributed by atoms with van der Waals surface area (Å²) in [5.74, 6) is 0.835. The van der Waals surface area contributed by atoms with Crippen LogP contribution in [0.1, 0.15) is 59.1 Å². The third kappa shape index (κ3) is 7.45. The van der Waals surface area contributed by atoms with Crippen molar-refractivity contribution in [2.24, 2.45) is 0 Å². The Morgan fingerprint density at radius 1 is 1.05 bits per heavy atom. The number of hydrogen-bond acceptors (Lipinski definition) is 2. The van der Waals surface area contributed by atoms with Gasteiger partial charge in [-0.15, -0.1) is 0 Å². The zero-order valence-electron chi connectivity index (χ0n) is 12.6. The summed E-state index contributed by atoms with van der Waals surface area (Å²) in [6.07, 6.45) is 14.4. The lowest BCUT2D eigenvalue weighted by Crippen LogP contribution is -1.80. The Morgan fingerprint density at radius 2 is 1.74 bits per heavy atom.